The molecule has 10 heteroatoms. The first-order chi connectivity index (χ1) is 10.4. The van der Waals surface area contributed by atoms with Crippen LogP contribution in [0.4, 0.5) is 0 Å². The van der Waals surface area contributed by atoms with Crippen LogP contribution in [0, 0.1) is 0 Å². The van der Waals surface area contributed by atoms with E-state index in [0.29, 0.717) is 0 Å². The van der Waals surface area contributed by atoms with E-state index in [1.165, 1.54) is 0 Å². The van der Waals surface area contributed by atoms with Crippen LogP contribution in [0.3, 0.4) is 0 Å². The maximum atomic E-state index is 9.94. The van der Waals surface area contributed by atoms with Crippen molar-refractivity contribution in [3.8, 4) is 0 Å². The third kappa shape index (κ3) is 3.57. The molecule has 0 radical (unpaired) electrons. The molecule has 0 aromatic carbocycles. The molecule has 0 amide bonds. The summed E-state index contributed by atoms with van der Waals surface area (Å²) >= 11 is 0. The lowest BCUT2D eigenvalue weighted by Crippen LogP contribution is -2.61. The molecule has 2 aliphatic rings. The zero-order chi connectivity index (χ0) is 16.4. The summed E-state index contributed by atoms with van der Waals surface area (Å²) in [4.78, 5) is 0. The van der Waals surface area contributed by atoms with Crippen molar-refractivity contribution in [3.05, 3.63) is 0 Å². The minimum absolute atomic E-state index is 0.128. The van der Waals surface area contributed by atoms with Crippen LogP contribution in [0.1, 0.15) is 6.42 Å². The zero-order valence-electron chi connectivity index (χ0n) is 11.7. The lowest BCUT2D eigenvalue weighted by molar-refractivity contribution is -0.351. The molecule has 2 saturated heterocycles. The standard InChI is InChI=1S/C12H22O10/c13-2-6-4(15)1-5(16)12(21-6)22-10-9(18)8(17)7(3-14)20-11(10)19/h4-19H,1-3H2/t4-,5-,6+,7+,8+,9-,10-,11-,12+/m0/s1. The van der Waals surface area contributed by atoms with Crippen LogP contribution < -0.4 is 0 Å². The first-order valence-electron chi connectivity index (χ1n) is 6.97. The van der Waals surface area contributed by atoms with Crippen LogP contribution in [0.15, 0.2) is 0 Å². The van der Waals surface area contributed by atoms with Crippen molar-refractivity contribution in [1.82, 2.24) is 0 Å². The van der Waals surface area contributed by atoms with Gasteiger partial charge in [0.15, 0.2) is 12.6 Å². The Hall–Kier alpha value is -0.400. The molecule has 0 aromatic heterocycles. The maximum Gasteiger partial charge on any atom is 0.184 e. The maximum absolute atomic E-state index is 9.94. The van der Waals surface area contributed by atoms with E-state index in [1.54, 1.807) is 0 Å². The molecule has 0 spiro atoms. The number of aliphatic hydroxyl groups is 7. The fraction of sp³-hybridized carbons (Fsp3) is 1.00. The molecule has 0 aromatic rings. The Bertz CT molecular complexity index is 355. The monoisotopic (exact) mass is 326 g/mol. The van der Waals surface area contributed by atoms with Gasteiger partial charge in [0.1, 0.15) is 36.6 Å². The van der Waals surface area contributed by atoms with Gasteiger partial charge in [-0.25, -0.2) is 0 Å². The summed E-state index contributed by atoms with van der Waals surface area (Å²) in [5, 5.41) is 66.9. The summed E-state index contributed by atoms with van der Waals surface area (Å²) in [5.41, 5.74) is 0. The van der Waals surface area contributed by atoms with Gasteiger partial charge >= 0.3 is 0 Å². The summed E-state index contributed by atoms with van der Waals surface area (Å²) in [5.74, 6) is 0. The zero-order valence-corrected chi connectivity index (χ0v) is 11.7. The Morgan fingerprint density at radius 2 is 1.45 bits per heavy atom. The number of ether oxygens (including phenoxy) is 3. The van der Waals surface area contributed by atoms with Gasteiger partial charge in [0.25, 0.3) is 0 Å². The summed E-state index contributed by atoms with van der Waals surface area (Å²) in [7, 11) is 0. The highest BCUT2D eigenvalue weighted by atomic mass is 16.7. The van der Waals surface area contributed by atoms with Crippen molar-refractivity contribution in [2.75, 3.05) is 13.2 Å². The van der Waals surface area contributed by atoms with Gasteiger partial charge in [-0.05, 0) is 0 Å². The van der Waals surface area contributed by atoms with Crippen molar-refractivity contribution in [2.45, 2.75) is 61.7 Å². The van der Waals surface area contributed by atoms with Gasteiger partial charge in [0, 0.05) is 6.42 Å². The number of hydrogen-bond acceptors (Lipinski definition) is 10. The molecule has 0 bridgehead atoms. The smallest absolute Gasteiger partial charge is 0.184 e. The fourth-order valence-electron chi connectivity index (χ4n) is 2.53. The lowest BCUT2D eigenvalue weighted by atomic mass is 9.98. The van der Waals surface area contributed by atoms with E-state index in [1.807, 2.05) is 0 Å². The fourth-order valence-corrected chi connectivity index (χ4v) is 2.53. The highest BCUT2D eigenvalue weighted by Crippen LogP contribution is 2.27. The molecule has 2 fully saturated rings. The topological polar surface area (TPSA) is 169 Å². The first-order valence-corrected chi connectivity index (χ1v) is 6.97. The van der Waals surface area contributed by atoms with Crippen LogP contribution in [-0.4, -0.2) is 104 Å². The SMILES string of the molecule is OC[C@H]1O[C@H](O)[C@@H](O[C@H]2O[C@H](CO)[C@@H](O)C[C@@H]2O)[C@@H](O)[C@@H]1O. The van der Waals surface area contributed by atoms with Crippen LogP contribution in [0.25, 0.3) is 0 Å². The van der Waals surface area contributed by atoms with Crippen LogP contribution in [-0.2, 0) is 14.2 Å². The van der Waals surface area contributed by atoms with Gasteiger partial charge in [0.2, 0.25) is 0 Å². The molecule has 7 N–H and O–H groups in total. The molecule has 10 nitrogen and oxygen atoms in total. The first kappa shape index (κ1) is 17.9. The minimum Gasteiger partial charge on any atom is -0.394 e. The van der Waals surface area contributed by atoms with E-state index in [9.17, 15) is 25.5 Å². The highest BCUT2D eigenvalue weighted by Gasteiger charge is 2.47. The Morgan fingerprint density at radius 1 is 0.818 bits per heavy atom. The average Bonchev–Trinajstić information content (AvgIpc) is 2.49. The second-order valence-electron chi connectivity index (χ2n) is 5.43. The highest BCUT2D eigenvalue weighted by molar-refractivity contribution is 4.91. The molecule has 0 saturated carbocycles. The summed E-state index contributed by atoms with van der Waals surface area (Å²) in [6.45, 7) is -1.11. The molecule has 130 valence electrons. The number of hydrogen-bond donors (Lipinski definition) is 7. The summed E-state index contributed by atoms with van der Waals surface area (Å²) in [6.07, 6.45) is -12.1. The van der Waals surface area contributed by atoms with Gasteiger partial charge < -0.3 is 50.0 Å². The average molecular weight is 326 g/mol. The predicted octanol–water partition coefficient (Wildman–Crippen LogP) is -4.37. The van der Waals surface area contributed by atoms with Gasteiger partial charge in [-0.15, -0.1) is 0 Å². The largest absolute Gasteiger partial charge is 0.394 e. The van der Waals surface area contributed by atoms with Crippen molar-refractivity contribution >= 4 is 0 Å². The quantitative estimate of drug-likeness (QED) is 0.268. The molecule has 2 aliphatic heterocycles. The lowest BCUT2D eigenvalue weighted by Gasteiger charge is -2.43. The van der Waals surface area contributed by atoms with Crippen molar-refractivity contribution in [1.29, 1.82) is 0 Å². The molecule has 0 unspecified atom stereocenters. The Labute approximate surface area is 126 Å². The molecular formula is C12H22O10. The molecular weight excluding hydrogens is 304 g/mol. The van der Waals surface area contributed by atoms with E-state index < -0.39 is 68.5 Å². The Morgan fingerprint density at radius 3 is 2.05 bits per heavy atom. The third-order valence-electron chi connectivity index (χ3n) is 3.85. The van der Waals surface area contributed by atoms with E-state index in [2.05, 4.69) is 0 Å². The van der Waals surface area contributed by atoms with Crippen molar-refractivity contribution in [2.24, 2.45) is 0 Å². The van der Waals surface area contributed by atoms with Gasteiger partial charge in [0.05, 0.1) is 19.3 Å². The van der Waals surface area contributed by atoms with E-state index in [4.69, 9.17) is 24.4 Å². The molecule has 9 atom stereocenters. The van der Waals surface area contributed by atoms with Crippen molar-refractivity contribution in [3.63, 3.8) is 0 Å². The molecule has 22 heavy (non-hydrogen) atoms. The van der Waals surface area contributed by atoms with Gasteiger partial charge in [-0.3, -0.25) is 0 Å². The summed E-state index contributed by atoms with van der Waals surface area (Å²) < 4.78 is 15.3. The minimum atomic E-state index is -1.66. The van der Waals surface area contributed by atoms with Crippen LogP contribution >= 0.6 is 0 Å². The normalized spacial score (nSPS) is 50.0. The van der Waals surface area contributed by atoms with Crippen LogP contribution in [0.2, 0.25) is 0 Å². The second-order valence-corrected chi connectivity index (χ2v) is 5.43. The van der Waals surface area contributed by atoms with E-state index >= 15 is 0 Å². The van der Waals surface area contributed by atoms with Crippen molar-refractivity contribution < 1.29 is 50.0 Å². The van der Waals surface area contributed by atoms with Crippen LogP contribution in [0.5, 0.6) is 0 Å². The predicted molar refractivity (Wildman–Crippen MR) is 67.2 cm³/mol. The van der Waals surface area contributed by atoms with Gasteiger partial charge in [-0.2, -0.15) is 0 Å². The van der Waals surface area contributed by atoms with E-state index in [0.717, 1.165) is 0 Å². The third-order valence-corrected chi connectivity index (χ3v) is 3.85. The molecule has 2 rings (SSSR count). The molecule has 2 heterocycles. The number of rotatable bonds is 4. The summed E-state index contributed by atoms with van der Waals surface area (Å²) in [6, 6.07) is 0. The number of aliphatic hydroxyl groups excluding tert-OH is 7. The molecule has 0 aliphatic carbocycles. The second kappa shape index (κ2) is 7.45. The Balaban J connectivity index is 2.02. The van der Waals surface area contributed by atoms with E-state index in [-0.39, 0.29) is 6.42 Å². The van der Waals surface area contributed by atoms with Gasteiger partial charge in [-0.1, -0.05) is 0 Å². The Kier molecular flexibility index (Phi) is 6.07.